The Hall–Kier alpha value is -2.49. The summed E-state index contributed by atoms with van der Waals surface area (Å²) in [6.07, 6.45) is 4.17. The van der Waals surface area contributed by atoms with E-state index in [0.717, 1.165) is 24.5 Å². The number of ether oxygens (including phenoxy) is 2. The van der Waals surface area contributed by atoms with Gasteiger partial charge in [-0.2, -0.15) is 0 Å². The van der Waals surface area contributed by atoms with E-state index >= 15 is 0 Å². The van der Waals surface area contributed by atoms with Crippen molar-refractivity contribution < 1.29 is 14.3 Å². The van der Waals surface area contributed by atoms with Gasteiger partial charge in [-0.15, -0.1) is 0 Å². The molecule has 0 fully saturated rings. The second-order valence-electron chi connectivity index (χ2n) is 6.00. The van der Waals surface area contributed by atoms with Crippen LogP contribution in [0.1, 0.15) is 39.5 Å². The highest BCUT2D eigenvalue weighted by Gasteiger charge is 2.14. The normalized spacial score (nSPS) is 11.6. The molecule has 0 aliphatic rings. The Morgan fingerprint density at radius 1 is 0.960 bits per heavy atom. The lowest BCUT2D eigenvalue weighted by Crippen LogP contribution is -2.30. The first kappa shape index (κ1) is 18.8. The maximum absolute atomic E-state index is 12.2. The van der Waals surface area contributed by atoms with Crippen LogP contribution in [-0.2, 0) is 4.79 Å². The Bertz CT molecular complexity index is 625. The van der Waals surface area contributed by atoms with E-state index in [9.17, 15) is 4.79 Å². The Kier molecular flexibility index (Phi) is 7.83. The number of amides is 1. The summed E-state index contributed by atoms with van der Waals surface area (Å²) in [5.41, 5.74) is 0.729. The van der Waals surface area contributed by atoms with Crippen molar-refractivity contribution in [3.05, 3.63) is 54.6 Å². The summed E-state index contributed by atoms with van der Waals surface area (Å²) in [6.45, 7) is 4.66. The summed E-state index contributed by atoms with van der Waals surface area (Å²) in [4.78, 5) is 12.2. The lowest BCUT2D eigenvalue weighted by atomic mass is 10.2. The van der Waals surface area contributed by atoms with Crippen LogP contribution in [0, 0.1) is 0 Å². The number of rotatable bonds is 10. The van der Waals surface area contributed by atoms with Crippen LogP contribution in [0.5, 0.6) is 11.5 Å². The zero-order chi connectivity index (χ0) is 17.9. The summed E-state index contributed by atoms with van der Waals surface area (Å²) in [5, 5.41) is 2.85. The Balaban J connectivity index is 1.76. The van der Waals surface area contributed by atoms with Crippen molar-refractivity contribution in [1.82, 2.24) is 0 Å². The Morgan fingerprint density at radius 3 is 2.36 bits per heavy atom. The van der Waals surface area contributed by atoms with Crippen molar-refractivity contribution in [3.63, 3.8) is 0 Å². The molecule has 25 heavy (non-hydrogen) atoms. The highest BCUT2D eigenvalue weighted by molar-refractivity contribution is 5.94. The quantitative estimate of drug-likeness (QED) is 0.615. The number of anilines is 1. The van der Waals surface area contributed by atoms with E-state index in [4.69, 9.17) is 9.47 Å². The summed E-state index contributed by atoms with van der Waals surface area (Å²) in [6, 6.07) is 16.7. The number of unbranched alkanes of at least 4 members (excludes halogenated alkanes) is 3. The molecule has 0 aliphatic carbocycles. The van der Waals surface area contributed by atoms with Gasteiger partial charge in [-0.25, -0.2) is 0 Å². The first-order valence-electron chi connectivity index (χ1n) is 8.94. The molecule has 1 atom stereocenters. The fraction of sp³-hybridized carbons (Fsp3) is 0.381. The van der Waals surface area contributed by atoms with Crippen LogP contribution in [0.2, 0.25) is 0 Å². The largest absolute Gasteiger partial charge is 0.494 e. The number of hydrogen-bond donors (Lipinski definition) is 1. The average Bonchev–Trinajstić information content (AvgIpc) is 2.63. The van der Waals surface area contributed by atoms with Gasteiger partial charge in [0.05, 0.1) is 6.61 Å². The van der Waals surface area contributed by atoms with E-state index in [1.54, 1.807) is 6.92 Å². The van der Waals surface area contributed by atoms with Crippen LogP contribution in [0.4, 0.5) is 5.69 Å². The molecule has 0 heterocycles. The van der Waals surface area contributed by atoms with E-state index in [1.807, 2.05) is 54.6 Å². The Morgan fingerprint density at radius 2 is 1.68 bits per heavy atom. The fourth-order valence-electron chi connectivity index (χ4n) is 2.35. The van der Waals surface area contributed by atoms with Gasteiger partial charge in [0.2, 0.25) is 0 Å². The van der Waals surface area contributed by atoms with Crippen LogP contribution < -0.4 is 14.8 Å². The predicted octanol–water partition coefficient (Wildman–Crippen LogP) is 5.05. The molecule has 2 rings (SSSR count). The highest BCUT2D eigenvalue weighted by atomic mass is 16.5. The van der Waals surface area contributed by atoms with Gasteiger partial charge >= 0.3 is 0 Å². The van der Waals surface area contributed by atoms with Gasteiger partial charge in [0.15, 0.2) is 6.10 Å². The molecule has 4 nitrogen and oxygen atoms in total. The molecule has 1 amide bonds. The zero-order valence-electron chi connectivity index (χ0n) is 15.0. The van der Waals surface area contributed by atoms with Gasteiger partial charge in [-0.3, -0.25) is 4.79 Å². The van der Waals surface area contributed by atoms with E-state index in [2.05, 4.69) is 12.2 Å². The van der Waals surface area contributed by atoms with Crippen molar-refractivity contribution in [2.45, 2.75) is 45.6 Å². The number of para-hydroxylation sites is 1. The van der Waals surface area contributed by atoms with E-state index in [0.29, 0.717) is 5.75 Å². The molecule has 0 radical (unpaired) electrons. The van der Waals surface area contributed by atoms with Crippen LogP contribution in [0.25, 0.3) is 0 Å². The number of hydrogen-bond acceptors (Lipinski definition) is 3. The van der Waals surface area contributed by atoms with Gasteiger partial charge in [0.1, 0.15) is 11.5 Å². The van der Waals surface area contributed by atoms with Gasteiger partial charge in [-0.1, -0.05) is 44.4 Å². The summed E-state index contributed by atoms with van der Waals surface area (Å²) in [7, 11) is 0. The van der Waals surface area contributed by atoms with Crippen molar-refractivity contribution in [1.29, 1.82) is 0 Å². The molecule has 0 unspecified atom stereocenters. The predicted molar refractivity (Wildman–Crippen MR) is 101 cm³/mol. The monoisotopic (exact) mass is 341 g/mol. The molecule has 4 heteroatoms. The maximum Gasteiger partial charge on any atom is 0.265 e. The third-order valence-corrected chi connectivity index (χ3v) is 3.81. The van der Waals surface area contributed by atoms with Gasteiger partial charge in [0, 0.05) is 5.69 Å². The smallest absolute Gasteiger partial charge is 0.265 e. The number of benzene rings is 2. The topological polar surface area (TPSA) is 47.6 Å². The van der Waals surface area contributed by atoms with Crippen LogP contribution in [0.15, 0.2) is 54.6 Å². The summed E-state index contributed by atoms with van der Waals surface area (Å²) < 4.78 is 11.3. The summed E-state index contributed by atoms with van der Waals surface area (Å²) >= 11 is 0. The molecule has 2 aromatic carbocycles. The second kappa shape index (κ2) is 10.4. The van der Waals surface area contributed by atoms with Gasteiger partial charge < -0.3 is 14.8 Å². The Labute approximate surface area is 150 Å². The molecule has 0 bridgehead atoms. The minimum absolute atomic E-state index is 0.183. The maximum atomic E-state index is 12.2. The average molecular weight is 341 g/mol. The molecule has 134 valence electrons. The lowest BCUT2D eigenvalue weighted by molar-refractivity contribution is -0.122. The van der Waals surface area contributed by atoms with Crippen molar-refractivity contribution >= 4 is 11.6 Å². The molecular formula is C21H27NO3. The molecule has 0 aromatic heterocycles. The minimum Gasteiger partial charge on any atom is -0.494 e. The van der Waals surface area contributed by atoms with E-state index in [1.165, 1.54) is 19.3 Å². The third-order valence-electron chi connectivity index (χ3n) is 3.81. The van der Waals surface area contributed by atoms with Crippen LogP contribution >= 0.6 is 0 Å². The molecule has 0 saturated carbocycles. The summed E-state index contributed by atoms with van der Waals surface area (Å²) in [5.74, 6) is 1.32. The van der Waals surface area contributed by atoms with Gasteiger partial charge in [0.25, 0.3) is 5.91 Å². The standard InChI is InChI=1S/C21H27NO3/c1-3-4-5-9-16-24-19-14-12-18(13-15-19)22-21(23)17(2)25-20-10-7-6-8-11-20/h6-8,10-15,17H,3-5,9,16H2,1-2H3,(H,22,23)/t17-/m0/s1. The van der Waals surface area contributed by atoms with E-state index in [-0.39, 0.29) is 5.91 Å². The SMILES string of the molecule is CCCCCCOc1ccc(NC(=O)[C@H](C)Oc2ccccc2)cc1. The molecule has 0 saturated heterocycles. The molecule has 2 aromatic rings. The number of nitrogens with one attached hydrogen (secondary N) is 1. The van der Waals surface area contributed by atoms with Gasteiger partial charge in [-0.05, 0) is 49.7 Å². The molecule has 1 N–H and O–H groups in total. The molecule has 0 spiro atoms. The number of carbonyl (C=O) groups is 1. The number of carbonyl (C=O) groups excluding carboxylic acids is 1. The lowest BCUT2D eigenvalue weighted by Gasteiger charge is -2.15. The van der Waals surface area contributed by atoms with Crippen molar-refractivity contribution in [3.8, 4) is 11.5 Å². The van der Waals surface area contributed by atoms with Crippen LogP contribution in [-0.4, -0.2) is 18.6 Å². The molecular weight excluding hydrogens is 314 g/mol. The molecule has 0 aliphatic heterocycles. The first-order valence-corrected chi connectivity index (χ1v) is 8.94. The van der Waals surface area contributed by atoms with Crippen LogP contribution in [0.3, 0.4) is 0 Å². The van der Waals surface area contributed by atoms with Crippen molar-refractivity contribution in [2.24, 2.45) is 0 Å². The van der Waals surface area contributed by atoms with Crippen molar-refractivity contribution in [2.75, 3.05) is 11.9 Å². The van der Waals surface area contributed by atoms with E-state index < -0.39 is 6.10 Å². The second-order valence-corrected chi connectivity index (χ2v) is 6.00. The first-order chi connectivity index (χ1) is 12.2. The fourth-order valence-corrected chi connectivity index (χ4v) is 2.35. The zero-order valence-corrected chi connectivity index (χ0v) is 15.0. The highest BCUT2D eigenvalue weighted by Crippen LogP contribution is 2.17. The minimum atomic E-state index is -0.572. The third kappa shape index (κ3) is 6.87.